The summed E-state index contributed by atoms with van der Waals surface area (Å²) in [6.45, 7) is 1.71. The number of nitriles is 1. The number of halogens is 1. The first-order chi connectivity index (χ1) is 13.0. The highest BCUT2D eigenvalue weighted by molar-refractivity contribution is 9.10. The van der Waals surface area contributed by atoms with Gasteiger partial charge in [0.2, 0.25) is 0 Å². The van der Waals surface area contributed by atoms with Crippen LogP contribution in [-0.2, 0) is 4.79 Å². The zero-order valence-corrected chi connectivity index (χ0v) is 16.4. The maximum Gasteiger partial charge on any atom is 0.341 e. The Morgan fingerprint density at radius 2 is 1.96 bits per heavy atom. The Balaban J connectivity index is 2.42. The van der Waals surface area contributed by atoms with Crippen molar-refractivity contribution in [1.29, 1.82) is 5.26 Å². The van der Waals surface area contributed by atoms with Gasteiger partial charge < -0.3 is 19.3 Å². The Labute approximate surface area is 165 Å². The SMILES string of the molecule is CCOc1cc(/C=C(\C#N)c2ccc(OC)cc2)cc(Br)c1OCC(=O)O. The van der Waals surface area contributed by atoms with Gasteiger partial charge in [-0.05, 0) is 76.5 Å². The molecule has 0 unspecified atom stereocenters. The minimum atomic E-state index is -1.08. The van der Waals surface area contributed by atoms with E-state index in [0.717, 1.165) is 5.56 Å². The van der Waals surface area contributed by atoms with Gasteiger partial charge in [-0.2, -0.15) is 5.26 Å². The molecule has 2 aromatic rings. The number of methoxy groups -OCH3 is 1. The lowest BCUT2D eigenvalue weighted by Crippen LogP contribution is -2.10. The largest absolute Gasteiger partial charge is 0.497 e. The van der Waals surface area contributed by atoms with Crippen molar-refractivity contribution in [2.75, 3.05) is 20.3 Å². The summed E-state index contributed by atoms with van der Waals surface area (Å²) in [6.07, 6.45) is 1.72. The first-order valence-electron chi connectivity index (χ1n) is 8.05. The maximum atomic E-state index is 10.8. The van der Waals surface area contributed by atoms with Crippen LogP contribution in [0.15, 0.2) is 40.9 Å². The lowest BCUT2D eigenvalue weighted by Gasteiger charge is -2.13. The van der Waals surface area contributed by atoms with Crippen molar-refractivity contribution < 1.29 is 24.1 Å². The van der Waals surface area contributed by atoms with Crippen molar-refractivity contribution in [2.45, 2.75) is 6.92 Å². The fourth-order valence-corrected chi connectivity index (χ4v) is 2.90. The predicted molar refractivity (Wildman–Crippen MR) is 105 cm³/mol. The average Bonchev–Trinajstić information content (AvgIpc) is 2.65. The summed E-state index contributed by atoms with van der Waals surface area (Å²) in [7, 11) is 1.58. The van der Waals surface area contributed by atoms with Crippen LogP contribution in [0.25, 0.3) is 11.6 Å². The molecule has 6 nitrogen and oxygen atoms in total. The molecular formula is C20H18BrNO5. The number of ether oxygens (including phenoxy) is 3. The molecular weight excluding hydrogens is 414 g/mol. The maximum absolute atomic E-state index is 10.8. The van der Waals surface area contributed by atoms with Crippen molar-refractivity contribution in [3.63, 3.8) is 0 Å². The Kier molecular flexibility index (Phi) is 7.26. The molecule has 2 aromatic carbocycles. The molecule has 140 valence electrons. The Morgan fingerprint density at radius 3 is 2.52 bits per heavy atom. The van der Waals surface area contributed by atoms with E-state index in [9.17, 15) is 10.1 Å². The van der Waals surface area contributed by atoms with Gasteiger partial charge in [0.25, 0.3) is 0 Å². The number of rotatable bonds is 8. The topological polar surface area (TPSA) is 88.8 Å². The number of hydrogen-bond donors (Lipinski definition) is 1. The first kappa shape index (κ1) is 20.3. The third-order valence-electron chi connectivity index (χ3n) is 3.50. The molecule has 1 N–H and O–H groups in total. The number of nitrogens with zero attached hydrogens (tertiary/aromatic N) is 1. The average molecular weight is 432 g/mol. The number of allylic oxidation sites excluding steroid dienone is 1. The van der Waals surface area contributed by atoms with Crippen molar-refractivity contribution in [1.82, 2.24) is 0 Å². The van der Waals surface area contributed by atoms with Gasteiger partial charge in [-0.1, -0.05) is 0 Å². The highest BCUT2D eigenvalue weighted by Gasteiger charge is 2.14. The van der Waals surface area contributed by atoms with E-state index in [4.69, 9.17) is 19.3 Å². The third kappa shape index (κ3) is 5.50. The molecule has 0 amide bonds. The molecule has 0 heterocycles. The van der Waals surface area contributed by atoms with Crippen LogP contribution in [-0.4, -0.2) is 31.4 Å². The number of hydrogen-bond acceptors (Lipinski definition) is 5. The summed E-state index contributed by atoms with van der Waals surface area (Å²) < 4.78 is 16.5. The van der Waals surface area contributed by atoms with Gasteiger partial charge in [0, 0.05) is 0 Å². The molecule has 27 heavy (non-hydrogen) atoms. The van der Waals surface area contributed by atoms with Crippen molar-refractivity contribution >= 4 is 33.5 Å². The second-order valence-corrected chi connectivity index (χ2v) is 6.20. The van der Waals surface area contributed by atoms with E-state index in [1.54, 1.807) is 49.6 Å². The molecule has 0 aliphatic carbocycles. The van der Waals surface area contributed by atoms with Gasteiger partial charge in [-0.15, -0.1) is 0 Å². The van der Waals surface area contributed by atoms with Crippen LogP contribution >= 0.6 is 15.9 Å². The van der Waals surface area contributed by atoms with E-state index in [-0.39, 0.29) is 0 Å². The normalized spacial score (nSPS) is 10.8. The van der Waals surface area contributed by atoms with E-state index >= 15 is 0 Å². The standard InChI is InChI=1S/C20H18BrNO5/c1-3-26-18-10-13(9-17(21)20(18)27-12-19(23)24)8-15(11-22)14-4-6-16(25-2)7-5-14/h4-10H,3,12H2,1-2H3,(H,23,24)/b15-8+. The van der Waals surface area contributed by atoms with Gasteiger partial charge in [-0.3, -0.25) is 0 Å². The molecule has 0 aromatic heterocycles. The summed E-state index contributed by atoms with van der Waals surface area (Å²) in [4.78, 5) is 10.8. The highest BCUT2D eigenvalue weighted by Crippen LogP contribution is 2.38. The number of carboxylic acids is 1. The number of aliphatic carboxylic acids is 1. The minimum Gasteiger partial charge on any atom is -0.497 e. The number of carboxylic acid groups (broad SMARTS) is 1. The lowest BCUT2D eigenvalue weighted by atomic mass is 10.0. The monoisotopic (exact) mass is 431 g/mol. The molecule has 0 radical (unpaired) electrons. The highest BCUT2D eigenvalue weighted by atomic mass is 79.9. The van der Waals surface area contributed by atoms with Gasteiger partial charge in [0.1, 0.15) is 5.75 Å². The van der Waals surface area contributed by atoms with Crippen LogP contribution in [0, 0.1) is 11.3 Å². The summed E-state index contributed by atoms with van der Waals surface area (Å²) in [5, 5.41) is 18.3. The minimum absolute atomic E-state index is 0.305. The first-order valence-corrected chi connectivity index (χ1v) is 8.85. The van der Waals surface area contributed by atoms with Crippen molar-refractivity contribution in [3.8, 4) is 23.3 Å². The van der Waals surface area contributed by atoms with Gasteiger partial charge in [-0.25, -0.2) is 4.79 Å². The fourth-order valence-electron chi connectivity index (χ4n) is 2.33. The molecule has 0 saturated heterocycles. The van der Waals surface area contributed by atoms with Crippen LogP contribution < -0.4 is 14.2 Å². The molecule has 0 fully saturated rings. The van der Waals surface area contributed by atoms with Gasteiger partial charge >= 0.3 is 5.97 Å². The van der Waals surface area contributed by atoms with E-state index < -0.39 is 12.6 Å². The molecule has 0 spiro atoms. The van der Waals surface area contributed by atoms with Crippen LogP contribution in [0.2, 0.25) is 0 Å². The predicted octanol–water partition coefficient (Wildman–Crippen LogP) is 4.38. The van der Waals surface area contributed by atoms with E-state index in [1.807, 2.05) is 6.92 Å². The second-order valence-electron chi connectivity index (χ2n) is 5.34. The Hall–Kier alpha value is -2.98. The van der Waals surface area contributed by atoms with Gasteiger partial charge in [0.05, 0.1) is 29.8 Å². The van der Waals surface area contributed by atoms with Crippen molar-refractivity contribution in [3.05, 3.63) is 52.0 Å². The van der Waals surface area contributed by atoms with Crippen LogP contribution in [0.5, 0.6) is 17.2 Å². The lowest BCUT2D eigenvalue weighted by molar-refractivity contribution is -0.139. The molecule has 0 saturated carbocycles. The van der Waals surface area contributed by atoms with E-state index in [0.29, 0.717) is 39.5 Å². The molecule has 0 aliphatic heterocycles. The zero-order chi connectivity index (χ0) is 19.8. The molecule has 0 bridgehead atoms. The fraction of sp³-hybridized carbons (Fsp3) is 0.200. The molecule has 0 aliphatic rings. The Morgan fingerprint density at radius 1 is 1.26 bits per heavy atom. The molecule has 0 atom stereocenters. The molecule has 2 rings (SSSR count). The summed E-state index contributed by atoms with van der Waals surface area (Å²) in [5.74, 6) is 0.322. The third-order valence-corrected chi connectivity index (χ3v) is 4.09. The number of carbonyl (C=O) groups is 1. The van der Waals surface area contributed by atoms with E-state index in [1.165, 1.54) is 0 Å². The van der Waals surface area contributed by atoms with Crippen LogP contribution in [0.3, 0.4) is 0 Å². The van der Waals surface area contributed by atoms with E-state index in [2.05, 4.69) is 22.0 Å². The Bertz CT molecular complexity index is 884. The number of benzene rings is 2. The summed E-state index contributed by atoms with van der Waals surface area (Å²) >= 11 is 3.38. The quantitative estimate of drug-likeness (QED) is 0.492. The zero-order valence-electron chi connectivity index (χ0n) is 14.9. The van der Waals surface area contributed by atoms with Gasteiger partial charge in [0.15, 0.2) is 18.1 Å². The molecule has 7 heteroatoms. The second kappa shape index (κ2) is 9.64. The van der Waals surface area contributed by atoms with Crippen molar-refractivity contribution in [2.24, 2.45) is 0 Å². The smallest absolute Gasteiger partial charge is 0.341 e. The summed E-state index contributed by atoms with van der Waals surface area (Å²) in [6, 6.07) is 12.8. The van der Waals surface area contributed by atoms with Crippen LogP contribution in [0.1, 0.15) is 18.1 Å². The van der Waals surface area contributed by atoms with Crippen LogP contribution in [0.4, 0.5) is 0 Å². The summed E-state index contributed by atoms with van der Waals surface area (Å²) in [5.41, 5.74) is 1.92.